The van der Waals surface area contributed by atoms with Crippen LogP contribution < -0.4 is 15.6 Å². The van der Waals surface area contributed by atoms with Crippen LogP contribution in [-0.4, -0.2) is 29.3 Å². The fourth-order valence-electron chi connectivity index (χ4n) is 4.95. The minimum Gasteiger partial charge on any atom is -0.421 e. The van der Waals surface area contributed by atoms with Crippen molar-refractivity contribution in [3.63, 3.8) is 0 Å². The Morgan fingerprint density at radius 2 is 0.771 bits per heavy atom. The van der Waals surface area contributed by atoms with Crippen LogP contribution in [0.25, 0.3) is 0 Å². The minimum atomic E-state index is -2.88. The molecule has 1 radical (unpaired) electrons. The summed E-state index contributed by atoms with van der Waals surface area (Å²) in [6, 6.07) is 49.7. The second-order valence-electron chi connectivity index (χ2n) is 13.7. The summed E-state index contributed by atoms with van der Waals surface area (Å²) in [5, 5.41) is 6.20. The van der Waals surface area contributed by atoms with E-state index >= 15 is 0 Å². The Labute approximate surface area is 313 Å². The summed E-state index contributed by atoms with van der Waals surface area (Å²) >= 11 is 0. The van der Waals surface area contributed by atoms with Crippen molar-refractivity contribution < 1.29 is 31.0 Å². The molecule has 0 aromatic heterocycles. The first-order chi connectivity index (χ1) is 22.3. The number of hydrogen-bond donors (Lipinski definition) is 1. The smallest absolute Gasteiger partial charge is 0.421 e. The van der Waals surface area contributed by atoms with E-state index in [-0.39, 0.29) is 26.2 Å². The second kappa shape index (κ2) is 19.7. The van der Waals surface area contributed by atoms with Gasteiger partial charge in [-0.3, -0.25) is 6.08 Å². The molecule has 0 fully saturated rings. The molecular weight excluding hydrogens is 708 g/mol. The Balaban J connectivity index is 0.000000245. The summed E-state index contributed by atoms with van der Waals surface area (Å²) in [6.07, 6.45) is 7.28. The molecule has 5 aromatic rings. The quantitative estimate of drug-likeness (QED) is 0.108. The van der Waals surface area contributed by atoms with Crippen LogP contribution in [0, 0.1) is 19.9 Å². The molecule has 6 rings (SSSR count). The molecule has 0 aliphatic heterocycles. The Hall–Kier alpha value is -3.19. The van der Waals surface area contributed by atoms with Gasteiger partial charge in [0.2, 0.25) is 0 Å². The molecule has 0 atom stereocenters. The average Bonchev–Trinajstić information content (AvgIpc) is 3.60. The molecule has 245 valence electrons. The van der Waals surface area contributed by atoms with Gasteiger partial charge in [-0.25, -0.2) is 11.3 Å². The molecule has 0 saturated carbocycles. The van der Waals surface area contributed by atoms with Gasteiger partial charge in [0.15, 0.2) is 0 Å². The van der Waals surface area contributed by atoms with E-state index in [0.717, 1.165) is 26.7 Å². The van der Waals surface area contributed by atoms with Gasteiger partial charge in [-0.2, -0.15) is 54.4 Å². The van der Waals surface area contributed by atoms with Crippen LogP contribution in [-0.2, 0) is 26.2 Å². The Bertz CT molecular complexity index is 1520. The van der Waals surface area contributed by atoms with Crippen LogP contribution in [0.1, 0.15) is 17.5 Å². The van der Waals surface area contributed by atoms with E-state index in [1.807, 2.05) is 152 Å². The average molecular weight is 759 g/mol. The van der Waals surface area contributed by atoms with Gasteiger partial charge in [-0.1, -0.05) is 142 Å². The number of hydrogen-bond acceptors (Lipinski definition) is 1. The summed E-state index contributed by atoms with van der Waals surface area (Å²) in [6.45, 7) is 21.9. The zero-order valence-corrected chi connectivity index (χ0v) is 35.0. The van der Waals surface area contributed by atoms with E-state index < -0.39 is 24.5 Å². The van der Waals surface area contributed by atoms with Crippen LogP contribution in [0.3, 0.4) is 0 Å². The van der Waals surface area contributed by atoms with Gasteiger partial charge in [-0.05, 0) is 15.6 Å². The van der Waals surface area contributed by atoms with Crippen LogP contribution in [0.5, 0.6) is 0 Å². The third-order valence-corrected chi connectivity index (χ3v) is 15.4. The maximum Gasteiger partial charge on any atom is 3.00 e. The fourth-order valence-corrected chi connectivity index (χ4v) is 10.6. The molecule has 5 heteroatoms. The molecule has 1 aliphatic rings. The van der Waals surface area contributed by atoms with Gasteiger partial charge in [0, 0.05) is 8.07 Å². The molecule has 5 aromatic carbocycles. The van der Waals surface area contributed by atoms with Gasteiger partial charge >= 0.3 is 26.2 Å². The van der Waals surface area contributed by atoms with Crippen LogP contribution in [0.2, 0.25) is 39.3 Å². The first-order valence-electron chi connectivity index (χ1n) is 16.3. The fraction of sp³-hybridized carbons (Fsp3) is 0.163. The standard InChI is InChI=1S/C18H16OSi.C11H21Si2.2C7H7.Zr/c19-20(16-10-4-1-5-11-16,17-12-6-2-7-13-17)18-14-8-3-9-15-18;1-12(2,3)10-7-8-11(9-10)13(4,5)6;2*1-7-5-3-2-4-6-7;/h1-15,19H;7H,8H2,1-6H3;2*2-6H,1H2;/q;3*-1;+3. The van der Waals surface area contributed by atoms with Gasteiger partial charge in [0.25, 0.3) is 8.32 Å². The van der Waals surface area contributed by atoms with Crippen molar-refractivity contribution in [2.45, 2.75) is 45.7 Å². The molecule has 0 heterocycles. The first-order valence-corrected chi connectivity index (χ1v) is 25.2. The zero-order valence-electron chi connectivity index (χ0n) is 29.6. The number of allylic oxidation sites excluding steroid dienone is 4. The van der Waals surface area contributed by atoms with E-state index in [9.17, 15) is 4.80 Å². The molecule has 1 aliphatic carbocycles. The van der Waals surface area contributed by atoms with Crippen molar-refractivity contribution >= 4 is 40.0 Å². The van der Waals surface area contributed by atoms with E-state index in [1.165, 1.54) is 6.42 Å². The van der Waals surface area contributed by atoms with Crippen molar-refractivity contribution in [1.82, 2.24) is 0 Å². The number of rotatable bonds is 5. The normalized spacial score (nSPS) is 12.2. The molecule has 1 nitrogen and oxygen atoms in total. The van der Waals surface area contributed by atoms with Crippen LogP contribution >= 0.6 is 0 Å². The number of benzene rings is 5. The maximum absolute atomic E-state index is 11.6. The summed E-state index contributed by atoms with van der Waals surface area (Å²) in [4.78, 5) is 11.6. The van der Waals surface area contributed by atoms with Crippen LogP contribution in [0.4, 0.5) is 0 Å². The summed E-state index contributed by atoms with van der Waals surface area (Å²) in [7, 11) is -5.04. The van der Waals surface area contributed by atoms with Gasteiger partial charge < -0.3 is 4.80 Å². The topological polar surface area (TPSA) is 20.2 Å². The van der Waals surface area contributed by atoms with Gasteiger partial charge in [0.05, 0.1) is 8.07 Å². The van der Waals surface area contributed by atoms with Gasteiger partial charge in [-0.15, -0.1) is 30.7 Å². The van der Waals surface area contributed by atoms with Crippen molar-refractivity contribution in [2.75, 3.05) is 0 Å². The third kappa shape index (κ3) is 13.0. The summed E-state index contributed by atoms with van der Waals surface area (Å²) < 4.78 is 0. The Morgan fingerprint density at radius 3 is 0.958 bits per heavy atom. The van der Waals surface area contributed by atoms with E-state index in [1.54, 1.807) is 10.4 Å². The molecule has 1 N–H and O–H groups in total. The summed E-state index contributed by atoms with van der Waals surface area (Å²) in [5.74, 6) is 0. The predicted octanol–water partition coefficient (Wildman–Crippen LogP) is 9.18. The molecular formula is C43H51OSi3Zr. The predicted molar refractivity (Wildman–Crippen MR) is 214 cm³/mol. The van der Waals surface area contributed by atoms with Crippen molar-refractivity contribution in [2.24, 2.45) is 0 Å². The summed E-state index contributed by atoms with van der Waals surface area (Å²) in [5.41, 5.74) is 2.14. The largest absolute Gasteiger partial charge is 3.00 e. The monoisotopic (exact) mass is 757 g/mol. The third-order valence-electron chi connectivity index (χ3n) is 7.77. The van der Waals surface area contributed by atoms with Crippen molar-refractivity contribution in [1.29, 1.82) is 0 Å². The minimum absolute atomic E-state index is 0. The van der Waals surface area contributed by atoms with E-state index in [0.29, 0.717) is 0 Å². The Kier molecular flexibility index (Phi) is 16.8. The Morgan fingerprint density at radius 1 is 0.479 bits per heavy atom. The zero-order chi connectivity index (χ0) is 34.3. The van der Waals surface area contributed by atoms with Crippen molar-refractivity contribution in [3.05, 3.63) is 199 Å². The van der Waals surface area contributed by atoms with E-state index in [4.69, 9.17) is 0 Å². The molecule has 0 bridgehead atoms. The van der Waals surface area contributed by atoms with Crippen LogP contribution in [0.15, 0.2) is 168 Å². The molecule has 0 amide bonds. The molecule has 0 spiro atoms. The van der Waals surface area contributed by atoms with Crippen molar-refractivity contribution in [3.8, 4) is 0 Å². The van der Waals surface area contributed by atoms with Gasteiger partial charge in [0.1, 0.15) is 0 Å². The molecule has 48 heavy (non-hydrogen) atoms. The SMILES string of the molecule is C[Si](C)(C)C1=[C-]C([Si](C)(C)C)=CC1.O[Si](c1ccccc1)(c1ccccc1)c1ccccc1.[CH2-]c1ccccc1.[CH2-]c1ccccc1.[Zr+3]. The molecule has 0 saturated heterocycles. The molecule has 0 unspecified atom stereocenters. The second-order valence-corrected chi connectivity index (χ2v) is 27.0. The first kappa shape index (κ1) is 41.0. The maximum atomic E-state index is 11.6. The van der Waals surface area contributed by atoms with E-state index in [2.05, 4.69) is 65.3 Å².